The summed E-state index contributed by atoms with van der Waals surface area (Å²) in [5, 5.41) is 0. The molecule has 0 aliphatic heterocycles. The minimum Gasteiger partial charge on any atom is -0.377 e. The third-order valence-electron chi connectivity index (χ3n) is 4.42. The molecule has 0 amide bonds. The highest BCUT2D eigenvalue weighted by atomic mass is 79.9. The fraction of sp³-hybridized carbons (Fsp3) is 0.667. The zero-order valence-electron chi connectivity index (χ0n) is 11.7. The van der Waals surface area contributed by atoms with Crippen LogP contribution >= 0.6 is 15.9 Å². The Kier molecular flexibility index (Phi) is 4.98. The highest BCUT2D eigenvalue weighted by molar-refractivity contribution is 9.10. The molecule has 2 N–H and O–H groups in total. The highest BCUT2D eigenvalue weighted by Crippen LogP contribution is 2.37. The van der Waals surface area contributed by atoms with E-state index >= 15 is 0 Å². The molecular weight excluding hydrogens is 304 g/mol. The molecule has 1 unspecified atom stereocenters. The van der Waals surface area contributed by atoms with Crippen molar-refractivity contribution in [3.8, 4) is 0 Å². The van der Waals surface area contributed by atoms with Gasteiger partial charge < -0.3 is 10.5 Å². The number of pyridine rings is 1. The van der Waals surface area contributed by atoms with E-state index in [1.54, 1.807) is 7.11 Å². The van der Waals surface area contributed by atoms with E-state index in [1.165, 1.54) is 12.8 Å². The summed E-state index contributed by atoms with van der Waals surface area (Å²) in [6.45, 7) is 2.31. The maximum absolute atomic E-state index is 6.43. The number of methoxy groups -OCH3 is 1. The van der Waals surface area contributed by atoms with Crippen molar-refractivity contribution < 1.29 is 4.74 Å². The van der Waals surface area contributed by atoms with Crippen LogP contribution in [0.4, 0.5) is 0 Å². The van der Waals surface area contributed by atoms with Crippen LogP contribution in [0.25, 0.3) is 0 Å². The molecule has 2 rings (SSSR count). The van der Waals surface area contributed by atoms with Crippen molar-refractivity contribution in [3.05, 3.63) is 28.5 Å². The highest BCUT2D eigenvalue weighted by Gasteiger charge is 2.39. The van der Waals surface area contributed by atoms with Gasteiger partial charge >= 0.3 is 0 Å². The van der Waals surface area contributed by atoms with Crippen LogP contribution in [0.2, 0.25) is 0 Å². The van der Waals surface area contributed by atoms with Crippen LogP contribution in [0.15, 0.2) is 22.8 Å². The Balaban J connectivity index is 2.04. The standard InChI is InChI=1S/C15H23BrN2O/c1-11-5-7-15(19-2,8-6-11)14(17)9-13-4-3-12(16)10-18-13/h3-4,10-11,14H,5-9,17H2,1-2H3. The molecule has 1 heterocycles. The normalized spacial score (nSPS) is 29.2. The van der Waals surface area contributed by atoms with Crippen LogP contribution in [0.5, 0.6) is 0 Å². The van der Waals surface area contributed by atoms with Crippen molar-refractivity contribution in [3.63, 3.8) is 0 Å². The molecule has 3 nitrogen and oxygen atoms in total. The number of halogens is 1. The van der Waals surface area contributed by atoms with Gasteiger partial charge in [0.2, 0.25) is 0 Å². The average Bonchev–Trinajstić information content (AvgIpc) is 2.42. The van der Waals surface area contributed by atoms with Gasteiger partial charge in [-0.05, 0) is 59.7 Å². The summed E-state index contributed by atoms with van der Waals surface area (Å²) in [6, 6.07) is 4.05. The molecule has 0 saturated heterocycles. The molecule has 4 heteroatoms. The Bertz CT molecular complexity index is 399. The lowest BCUT2D eigenvalue weighted by Gasteiger charge is -2.42. The van der Waals surface area contributed by atoms with Gasteiger partial charge in [0.1, 0.15) is 0 Å². The predicted octanol–water partition coefficient (Wildman–Crippen LogP) is 3.31. The van der Waals surface area contributed by atoms with Crippen molar-refractivity contribution in [2.75, 3.05) is 7.11 Å². The molecule has 1 aromatic rings. The second-order valence-electron chi connectivity index (χ2n) is 5.73. The van der Waals surface area contributed by atoms with Crippen molar-refractivity contribution >= 4 is 15.9 Å². The second kappa shape index (κ2) is 6.33. The third-order valence-corrected chi connectivity index (χ3v) is 4.89. The molecule has 1 aromatic heterocycles. The summed E-state index contributed by atoms with van der Waals surface area (Å²) in [5.41, 5.74) is 7.30. The van der Waals surface area contributed by atoms with Gasteiger partial charge in [0.05, 0.1) is 5.60 Å². The molecule has 0 spiro atoms. The molecule has 0 bridgehead atoms. The first-order valence-electron chi connectivity index (χ1n) is 6.97. The van der Waals surface area contributed by atoms with Gasteiger partial charge in [-0.15, -0.1) is 0 Å². The Morgan fingerprint density at radius 3 is 2.68 bits per heavy atom. The third kappa shape index (κ3) is 3.56. The van der Waals surface area contributed by atoms with E-state index in [1.807, 2.05) is 18.3 Å². The molecule has 0 aromatic carbocycles. The smallest absolute Gasteiger partial charge is 0.0832 e. The first kappa shape index (κ1) is 14.9. The molecule has 106 valence electrons. The monoisotopic (exact) mass is 326 g/mol. The minimum absolute atomic E-state index is 0.0127. The number of hydrogen-bond acceptors (Lipinski definition) is 3. The molecule has 1 saturated carbocycles. The topological polar surface area (TPSA) is 48.1 Å². The van der Waals surface area contributed by atoms with Crippen LogP contribution in [-0.4, -0.2) is 23.7 Å². The Hall–Kier alpha value is -0.450. The predicted molar refractivity (Wildman–Crippen MR) is 81.0 cm³/mol. The van der Waals surface area contributed by atoms with E-state index in [4.69, 9.17) is 10.5 Å². The lowest BCUT2D eigenvalue weighted by molar-refractivity contribution is -0.0660. The lowest BCUT2D eigenvalue weighted by atomic mass is 9.74. The number of aromatic nitrogens is 1. The SMILES string of the molecule is COC1(C(N)Cc2ccc(Br)cn2)CCC(C)CC1. The fourth-order valence-corrected chi connectivity index (χ4v) is 3.15. The number of hydrogen-bond donors (Lipinski definition) is 1. The van der Waals surface area contributed by atoms with Crippen LogP contribution in [-0.2, 0) is 11.2 Å². The number of nitrogens with two attached hydrogens (primary N) is 1. The summed E-state index contributed by atoms with van der Waals surface area (Å²) >= 11 is 3.40. The van der Waals surface area contributed by atoms with E-state index in [0.29, 0.717) is 0 Å². The van der Waals surface area contributed by atoms with E-state index in [2.05, 4.69) is 27.8 Å². The lowest BCUT2D eigenvalue weighted by Crippen LogP contribution is -2.52. The summed E-state index contributed by atoms with van der Waals surface area (Å²) in [7, 11) is 1.80. The first-order chi connectivity index (χ1) is 9.05. The Morgan fingerprint density at radius 1 is 1.47 bits per heavy atom. The quantitative estimate of drug-likeness (QED) is 0.923. The molecule has 1 aliphatic rings. The Labute approximate surface area is 124 Å². The van der Waals surface area contributed by atoms with Crippen LogP contribution in [0.3, 0.4) is 0 Å². The van der Waals surface area contributed by atoms with E-state index in [-0.39, 0.29) is 11.6 Å². The van der Waals surface area contributed by atoms with Gasteiger partial charge in [0.25, 0.3) is 0 Å². The van der Waals surface area contributed by atoms with Crippen molar-refractivity contribution in [2.45, 2.75) is 50.7 Å². The first-order valence-corrected chi connectivity index (χ1v) is 7.76. The summed E-state index contributed by atoms with van der Waals surface area (Å²) < 4.78 is 6.82. The number of rotatable bonds is 4. The van der Waals surface area contributed by atoms with E-state index in [9.17, 15) is 0 Å². The number of nitrogens with zero attached hydrogens (tertiary/aromatic N) is 1. The minimum atomic E-state index is -0.165. The van der Waals surface area contributed by atoms with Gasteiger partial charge in [-0.1, -0.05) is 6.92 Å². The maximum atomic E-state index is 6.43. The Morgan fingerprint density at radius 2 is 2.16 bits per heavy atom. The number of ether oxygens (including phenoxy) is 1. The molecule has 19 heavy (non-hydrogen) atoms. The van der Waals surface area contributed by atoms with Crippen molar-refractivity contribution in [1.29, 1.82) is 0 Å². The second-order valence-corrected chi connectivity index (χ2v) is 6.65. The largest absolute Gasteiger partial charge is 0.377 e. The van der Waals surface area contributed by atoms with Crippen LogP contribution in [0, 0.1) is 5.92 Å². The van der Waals surface area contributed by atoms with Gasteiger partial charge in [-0.3, -0.25) is 4.98 Å². The van der Waals surface area contributed by atoms with Crippen molar-refractivity contribution in [1.82, 2.24) is 4.98 Å². The molecule has 1 fully saturated rings. The zero-order chi connectivity index (χ0) is 13.9. The van der Waals surface area contributed by atoms with Crippen LogP contribution in [0.1, 0.15) is 38.3 Å². The molecular formula is C15H23BrN2O. The molecule has 1 aliphatic carbocycles. The summed E-state index contributed by atoms with van der Waals surface area (Å²) in [4.78, 5) is 4.41. The van der Waals surface area contributed by atoms with E-state index in [0.717, 1.165) is 35.3 Å². The van der Waals surface area contributed by atoms with Gasteiger partial charge in [0, 0.05) is 35.9 Å². The maximum Gasteiger partial charge on any atom is 0.0832 e. The average molecular weight is 327 g/mol. The summed E-state index contributed by atoms with van der Waals surface area (Å²) in [5.74, 6) is 0.793. The van der Waals surface area contributed by atoms with Gasteiger partial charge in [-0.25, -0.2) is 0 Å². The van der Waals surface area contributed by atoms with Crippen molar-refractivity contribution in [2.24, 2.45) is 11.7 Å². The van der Waals surface area contributed by atoms with Crippen LogP contribution < -0.4 is 5.73 Å². The fourth-order valence-electron chi connectivity index (χ4n) is 2.92. The van der Waals surface area contributed by atoms with Gasteiger partial charge in [-0.2, -0.15) is 0 Å². The molecule has 1 atom stereocenters. The molecule has 0 radical (unpaired) electrons. The van der Waals surface area contributed by atoms with Gasteiger partial charge in [0.15, 0.2) is 0 Å². The summed E-state index contributed by atoms with van der Waals surface area (Å²) in [6.07, 6.45) is 7.12. The van der Waals surface area contributed by atoms with E-state index < -0.39 is 0 Å². The zero-order valence-corrected chi connectivity index (χ0v) is 13.3.